The van der Waals surface area contributed by atoms with Crippen LogP contribution in [-0.2, 0) is 19.5 Å². The van der Waals surface area contributed by atoms with Gasteiger partial charge in [0.05, 0.1) is 66.4 Å². The van der Waals surface area contributed by atoms with Crippen molar-refractivity contribution in [2.75, 3.05) is 55.2 Å². The maximum absolute atomic E-state index is 14.3. The van der Waals surface area contributed by atoms with Gasteiger partial charge in [0.2, 0.25) is 0 Å². The fourth-order valence-electron chi connectivity index (χ4n) is 6.80. The number of likely N-dealkylation sites (tertiary alicyclic amines) is 3. The summed E-state index contributed by atoms with van der Waals surface area (Å²) in [5.74, 6) is -5.98. The van der Waals surface area contributed by atoms with E-state index in [4.69, 9.17) is 84.3 Å². The van der Waals surface area contributed by atoms with Gasteiger partial charge in [0.25, 0.3) is 0 Å². The third-order valence-corrected chi connectivity index (χ3v) is 13.7. The molecule has 0 spiro atoms. The van der Waals surface area contributed by atoms with E-state index in [1.165, 1.54) is 18.2 Å². The molecule has 0 aliphatic carbocycles. The number of nitriles is 3. The number of anilines is 3. The van der Waals surface area contributed by atoms with Gasteiger partial charge in [-0.25, -0.2) is 43.1 Å². The normalized spacial score (nSPS) is 28.0. The second kappa shape index (κ2) is 26.8. The summed E-state index contributed by atoms with van der Waals surface area (Å²) in [6.07, 6.45) is -18.3. The number of nitrogens with one attached hydrogen (secondary N) is 3. The highest BCUT2D eigenvalue weighted by Crippen LogP contribution is 2.35. The first-order valence-electron chi connectivity index (χ1n) is 40.5. The van der Waals surface area contributed by atoms with Gasteiger partial charge in [0.1, 0.15) is 89.3 Å². The Labute approximate surface area is 543 Å². The fraction of sp³-hybridized carbons (Fsp3) is 0.316. The molecule has 15 nitrogen and oxygen atoms in total. The van der Waals surface area contributed by atoms with Crippen LogP contribution in [0.4, 0.5) is 30.6 Å². The second-order valence-corrected chi connectivity index (χ2v) is 20.5. The molecule has 0 radical (unpaired) electrons. The summed E-state index contributed by atoms with van der Waals surface area (Å²) in [7, 11) is 0. The number of fused-ring (bicyclic) bond motifs is 3. The zero-order chi connectivity index (χ0) is 88.3. The van der Waals surface area contributed by atoms with E-state index in [1.807, 2.05) is 0 Å². The quantitative estimate of drug-likeness (QED) is 0.104. The van der Waals surface area contributed by atoms with Gasteiger partial charge in [-0.1, -0.05) is 52.9 Å². The van der Waals surface area contributed by atoms with Crippen LogP contribution in [0, 0.1) is 51.4 Å². The Hall–Kier alpha value is -6.81. The van der Waals surface area contributed by atoms with Crippen LogP contribution in [0.2, 0.25) is 17.2 Å². The summed E-state index contributed by atoms with van der Waals surface area (Å²) in [6, 6.07) is -15.0. The van der Waals surface area contributed by atoms with Gasteiger partial charge in [-0.05, 0) is 109 Å². The minimum Gasteiger partial charge on any atom is -0.367 e. The number of nitrogens with zero attached hydrogens (tertiary/aromatic N) is 12. The third-order valence-electron chi connectivity index (χ3n) is 10.4. The molecule has 24 heteroatoms. The van der Waals surface area contributed by atoms with Gasteiger partial charge in [0.15, 0.2) is 4.24 Å². The highest BCUT2D eigenvalue weighted by atomic mass is 35.5. The van der Waals surface area contributed by atoms with Crippen LogP contribution in [0.3, 0.4) is 0 Å². The molecule has 3 aromatic carbocycles. The Morgan fingerprint density at radius 1 is 0.531 bits per heavy atom. The van der Waals surface area contributed by atoms with Crippen molar-refractivity contribution in [1.82, 2.24) is 44.6 Å². The topological polar surface area (TPSA) is 195 Å². The lowest BCUT2D eigenvalue weighted by Crippen LogP contribution is -2.38. The van der Waals surface area contributed by atoms with Crippen LogP contribution >= 0.6 is 68.8 Å². The summed E-state index contributed by atoms with van der Waals surface area (Å²) >= 11 is 20.5. The minimum atomic E-state index is -3.18. The van der Waals surface area contributed by atoms with Crippen molar-refractivity contribution in [2.24, 2.45) is 0 Å². The molecular formula is C57H51Cl3F3N15S3. The first-order valence-corrected chi connectivity index (χ1v) is 26.0. The number of rotatable bonds is 12. The van der Waals surface area contributed by atoms with Crippen LogP contribution in [0.15, 0.2) is 91.4 Å². The second-order valence-electron chi connectivity index (χ2n) is 15.7. The van der Waals surface area contributed by atoms with Gasteiger partial charge >= 0.3 is 0 Å². The number of aromatic nitrogens is 6. The zero-order valence-corrected chi connectivity index (χ0v) is 44.9. The highest BCUT2D eigenvalue weighted by molar-refractivity contribution is 7.23. The first kappa shape index (κ1) is 28.0. The number of halogens is 6. The molecule has 0 saturated carbocycles. The van der Waals surface area contributed by atoms with E-state index in [0.717, 1.165) is 50.1 Å². The van der Waals surface area contributed by atoms with Crippen LogP contribution in [0.1, 0.15) is 117 Å². The summed E-state index contributed by atoms with van der Waals surface area (Å²) in [5.41, 5.74) is -4.96. The van der Waals surface area contributed by atoms with Gasteiger partial charge in [-0.3, -0.25) is 14.7 Å². The molecule has 2 unspecified atom stereocenters. The standard InChI is InChI=1S/3C19H17ClFN5S/c3*20-17-8-15-18(23-11-24-19(15)27-17)25-14-3-5-26(6-4-14)10-12-1-2-16(21)13(7-12)9-22/h3*1-2,7-8,11,14H,3-6,10H2,(H,23,24,25)/i1D,2D,3D2,4D2,7D,8D,10D2,11D,14D;1D,2D,3D2,4D2,7D,8D,10D,11D,14D;1D,2D,3D2,4D2,7D,8D,10D,14D/hD3. The molecule has 9 aromatic rings. The maximum atomic E-state index is 14.3. The Bertz CT molecular complexity index is 5660. The highest BCUT2D eigenvalue weighted by Gasteiger charge is 2.24. The summed E-state index contributed by atoms with van der Waals surface area (Å²) in [6.45, 7) is -12.6. The number of thiophene rings is 3. The Balaban J connectivity index is 0.000000185. The summed E-state index contributed by atoms with van der Waals surface area (Å²) in [4.78, 5) is 25.4. The minimum absolute atomic E-state index is 0.00684. The largest absolute Gasteiger partial charge is 0.367 e. The molecule has 6 aromatic heterocycles. The van der Waals surface area contributed by atoms with E-state index in [1.54, 1.807) is 0 Å². The van der Waals surface area contributed by atoms with Crippen molar-refractivity contribution in [3.63, 3.8) is 0 Å². The monoisotopic (exact) mass is 1240 g/mol. The van der Waals surface area contributed by atoms with E-state index in [0.29, 0.717) is 4.90 Å². The van der Waals surface area contributed by atoms with E-state index in [9.17, 15) is 29.0 Å². The van der Waals surface area contributed by atoms with E-state index in [-0.39, 0.29) is 77.7 Å². The number of hydrogen-bond acceptors (Lipinski definition) is 18. The van der Waals surface area contributed by atoms with Crippen molar-refractivity contribution < 1.29 is 62.6 Å². The molecule has 3 N–H and O–H groups in total. The third kappa shape index (κ3) is 14.8. The van der Waals surface area contributed by atoms with Crippen molar-refractivity contribution in [3.8, 4) is 18.2 Å². The van der Waals surface area contributed by atoms with Crippen LogP contribution < -0.4 is 15.9 Å². The van der Waals surface area contributed by atoms with Crippen molar-refractivity contribution in [3.05, 3.63) is 155 Å². The molecular weight excluding hydrogens is 1150 g/mol. The Morgan fingerprint density at radius 2 is 0.877 bits per heavy atom. The lowest BCUT2D eigenvalue weighted by Gasteiger charge is -2.32. The van der Waals surface area contributed by atoms with Crippen LogP contribution in [0.25, 0.3) is 30.6 Å². The molecule has 9 heterocycles. The van der Waals surface area contributed by atoms with E-state index < -0.39 is 250 Å². The lowest BCUT2D eigenvalue weighted by molar-refractivity contribution is 0.211. The molecule has 0 bridgehead atoms. The number of benzene rings is 3. The molecule has 3 aliphatic heterocycles. The SMILES string of the molecule is [2H]c1c([2H])c(C([2H])N2CC([2H])([2H])C([2H])(N([2H])c3ncnc4sc(Cl)c([2H])c34)C([2H])([2H])C2)c([2H])c(C#N)c1F.[2H]c1nc(N([2H])C2([2H])C([2H])([2H])CN(C([2H])([2H])c3c([2H])c([2H])c(F)c(C#N)c3[2H])CC2([2H])[2H])c2c([2H])c(Cl)sc2n1.[2H]c1nc(N([2H])C2([2H])C([2H])([2H])CN(C([2H])c3c([2H])c([2H])c(F)c(C#N)c3[2H])CC2([2H])[2H])c2c([2H])c(Cl)sc2n1. The molecule has 3 saturated heterocycles. The average Bonchev–Trinajstić information content (AvgIpc) is 1.43. The molecule has 2 atom stereocenters. The molecule has 414 valence electrons. The molecule has 12 rings (SSSR count). The predicted molar refractivity (Wildman–Crippen MR) is 316 cm³/mol. The smallest absolute Gasteiger partial charge is 0.162 e. The van der Waals surface area contributed by atoms with Crippen molar-refractivity contribution >= 4 is 117 Å². The van der Waals surface area contributed by atoms with Gasteiger partial charge < -0.3 is 15.9 Å². The van der Waals surface area contributed by atoms with E-state index >= 15 is 0 Å². The summed E-state index contributed by atoms with van der Waals surface area (Å²) < 4.78 is 345. The average molecular weight is 1240 g/mol. The predicted octanol–water partition coefficient (Wildman–Crippen LogP) is 13.3. The van der Waals surface area contributed by atoms with Crippen molar-refractivity contribution in [1.29, 1.82) is 15.8 Å². The van der Waals surface area contributed by atoms with Crippen molar-refractivity contribution in [2.45, 2.75) is 75.8 Å². The van der Waals surface area contributed by atoms with Crippen LogP contribution in [-0.4, -0.2) is 102 Å². The van der Waals surface area contributed by atoms with Gasteiger partial charge in [-0.15, -0.1) is 34.0 Å². The first-order chi connectivity index (χ1) is 53.7. The fourth-order valence-corrected chi connectivity index (χ4v) is 9.71. The summed E-state index contributed by atoms with van der Waals surface area (Å²) in [5, 5.41) is 27.6. The number of piperidine rings is 3. The van der Waals surface area contributed by atoms with Gasteiger partial charge in [-0.2, -0.15) is 15.8 Å². The number of hydrogen-bond donors (Lipinski definition) is 3. The molecule has 0 amide bonds. The van der Waals surface area contributed by atoms with Gasteiger partial charge in [0, 0.05) is 98.8 Å². The molecule has 3 fully saturated rings. The van der Waals surface area contributed by atoms with Crippen LogP contribution in [0.5, 0.6) is 0 Å². The van der Waals surface area contributed by atoms with E-state index in [2.05, 4.69) is 29.9 Å². The Kier molecular flexibility index (Phi) is 9.27. The zero-order valence-electron chi connectivity index (χ0n) is 76.2. The maximum Gasteiger partial charge on any atom is 0.162 e. The molecule has 81 heavy (non-hydrogen) atoms. The lowest BCUT2D eigenvalue weighted by atomic mass is 10.0. The molecule has 3 aliphatic rings. The Morgan fingerprint density at radius 3 is 1.27 bits per heavy atom.